The number of amides is 1. The quantitative estimate of drug-likeness (QED) is 0.584. The summed E-state index contributed by atoms with van der Waals surface area (Å²) in [7, 11) is 0. The maximum absolute atomic E-state index is 12.6. The van der Waals surface area contributed by atoms with Crippen molar-refractivity contribution in [3.63, 3.8) is 0 Å². The van der Waals surface area contributed by atoms with Gasteiger partial charge in [-0.3, -0.25) is 9.36 Å². The molecule has 2 aromatic heterocycles. The minimum atomic E-state index is -0.113. The number of carbonyl (C=O) groups excluding carboxylic acids is 1. The van der Waals surface area contributed by atoms with Crippen molar-refractivity contribution >= 4 is 16.9 Å². The van der Waals surface area contributed by atoms with Crippen LogP contribution in [0.25, 0.3) is 16.7 Å². The van der Waals surface area contributed by atoms with E-state index in [4.69, 9.17) is 0 Å². The summed E-state index contributed by atoms with van der Waals surface area (Å²) < 4.78 is 4.17. The lowest BCUT2D eigenvalue weighted by molar-refractivity contribution is 0.0949. The van der Waals surface area contributed by atoms with Crippen LogP contribution in [-0.4, -0.2) is 30.2 Å². The Kier molecular flexibility index (Phi) is 4.56. The number of hydrogen-bond donors (Lipinski definition) is 1. The summed E-state index contributed by atoms with van der Waals surface area (Å²) in [5.41, 5.74) is 3.57. The Hall–Kier alpha value is -3.48. The summed E-state index contributed by atoms with van der Waals surface area (Å²) in [6.45, 7) is 1.32. The fourth-order valence-electron chi connectivity index (χ4n) is 3.88. The van der Waals surface area contributed by atoms with Crippen LogP contribution in [0, 0.1) is 0 Å². The minimum Gasteiger partial charge on any atom is -0.345 e. The number of rotatable bonds is 4. The van der Waals surface area contributed by atoms with E-state index in [1.807, 2.05) is 53.1 Å². The van der Waals surface area contributed by atoms with E-state index < -0.39 is 0 Å². The Bertz CT molecular complexity index is 1160. The third-order valence-corrected chi connectivity index (χ3v) is 5.45. The van der Waals surface area contributed by atoms with Crippen LogP contribution >= 0.6 is 0 Å². The second kappa shape index (κ2) is 7.50. The standard InChI is InChI=1S/C22H22N6O/c29-22(23-14-21-26-25-20-8-2-1-5-13-27(20)21)16-9-11-17(12-10-16)28-15-24-18-6-3-4-7-19(18)28/h3-4,6-7,9-12,15H,1-2,5,8,13-14H2,(H,23,29). The van der Waals surface area contributed by atoms with Crippen LogP contribution in [0.5, 0.6) is 0 Å². The minimum absolute atomic E-state index is 0.113. The maximum Gasteiger partial charge on any atom is 0.251 e. The van der Waals surface area contributed by atoms with E-state index in [1.165, 1.54) is 6.42 Å². The molecule has 3 heterocycles. The monoisotopic (exact) mass is 386 g/mol. The highest BCUT2D eigenvalue weighted by molar-refractivity contribution is 5.94. The van der Waals surface area contributed by atoms with Gasteiger partial charge in [-0.15, -0.1) is 10.2 Å². The molecule has 1 N–H and O–H groups in total. The van der Waals surface area contributed by atoms with Crippen molar-refractivity contribution in [2.75, 3.05) is 0 Å². The van der Waals surface area contributed by atoms with Crippen molar-refractivity contribution in [1.29, 1.82) is 0 Å². The van der Waals surface area contributed by atoms with Gasteiger partial charge in [0.1, 0.15) is 12.2 Å². The number of para-hydroxylation sites is 2. The van der Waals surface area contributed by atoms with Crippen LogP contribution in [0.1, 0.15) is 41.3 Å². The number of carbonyl (C=O) groups is 1. The second-order valence-electron chi connectivity index (χ2n) is 7.33. The molecule has 0 saturated heterocycles. The van der Waals surface area contributed by atoms with Crippen LogP contribution in [0.2, 0.25) is 0 Å². The van der Waals surface area contributed by atoms with Gasteiger partial charge in [0.05, 0.1) is 17.6 Å². The van der Waals surface area contributed by atoms with Gasteiger partial charge in [0.25, 0.3) is 5.91 Å². The highest BCUT2D eigenvalue weighted by Crippen LogP contribution is 2.18. The number of nitrogens with one attached hydrogen (secondary N) is 1. The number of imidazole rings is 1. The van der Waals surface area contributed by atoms with E-state index in [0.717, 1.165) is 54.2 Å². The van der Waals surface area contributed by atoms with Crippen molar-refractivity contribution in [3.05, 3.63) is 72.1 Å². The number of benzene rings is 2. The molecule has 1 aliphatic heterocycles. The lowest BCUT2D eigenvalue weighted by atomic mass is 10.2. The summed E-state index contributed by atoms with van der Waals surface area (Å²) in [4.78, 5) is 17.0. The Morgan fingerprint density at radius 2 is 1.86 bits per heavy atom. The Labute approximate surface area is 168 Å². The van der Waals surface area contributed by atoms with Crippen molar-refractivity contribution in [1.82, 2.24) is 29.6 Å². The summed E-state index contributed by atoms with van der Waals surface area (Å²) in [5.74, 6) is 1.75. The van der Waals surface area contributed by atoms with Crippen LogP contribution in [0.4, 0.5) is 0 Å². The molecule has 2 aromatic carbocycles. The SMILES string of the molecule is O=C(NCc1nnc2n1CCCCC2)c1ccc(-n2cnc3ccccc32)cc1. The molecule has 7 heteroatoms. The van der Waals surface area contributed by atoms with Gasteiger partial charge >= 0.3 is 0 Å². The number of hydrogen-bond acceptors (Lipinski definition) is 4. The molecule has 7 nitrogen and oxygen atoms in total. The smallest absolute Gasteiger partial charge is 0.251 e. The first kappa shape index (κ1) is 17.6. The molecule has 4 aromatic rings. The fourth-order valence-corrected chi connectivity index (χ4v) is 3.88. The van der Waals surface area contributed by atoms with Gasteiger partial charge in [0.15, 0.2) is 5.82 Å². The van der Waals surface area contributed by atoms with E-state index in [9.17, 15) is 4.79 Å². The summed E-state index contributed by atoms with van der Waals surface area (Å²) >= 11 is 0. The maximum atomic E-state index is 12.6. The van der Waals surface area contributed by atoms with Gasteiger partial charge in [-0.05, 0) is 49.2 Å². The normalized spacial score (nSPS) is 13.8. The lowest BCUT2D eigenvalue weighted by Crippen LogP contribution is -2.25. The van der Waals surface area contributed by atoms with Crippen molar-refractivity contribution in [2.24, 2.45) is 0 Å². The molecule has 0 spiro atoms. The third-order valence-electron chi connectivity index (χ3n) is 5.45. The lowest BCUT2D eigenvalue weighted by Gasteiger charge is -2.09. The first-order valence-electron chi connectivity index (χ1n) is 10.0. The largest absolute Gasteiger partial charge is 0.345 e. The third kappa shape index (κ3) is 3.40. The molecule has 1 aliphatic rings. The molecule has 0 unspecified atom stereocenters. The first-order valence-corrected chi connectivity index (χ1v) is 10.0. The van der Waals surface area contributed by atoms with E-state index in [1.54, 1.807) is 6.33 Å². The van der Waals surface area contributed by atoms with Crippen LogP contribution in [-0.2, 0) is 19.5 Å². The van der Waals surface area contributed by atoms with Crippen LogP contribution in [0.3, 0.4) is 0 Å². The summed E-state index contributed by atoms with van der Waals surface area (Å²) in [5, 5.41) is 11.5. The molecule has 0 aliphatic carbocycles. The van der Waals surface area contributed by atoms with E-state index >= 15 is 0 Å². The average molecular weight is 386 g/mol. The summed E-state index contributed by atoms with van der Waals surface area (Å²) in [6, 6.07) is 15.5. The zero-order chi connectivity index (χ0) is 19.6. The van der Waals surface area contributed by atoms with Crippen molar-refractivity contribution < 1.29 is 4.79 Å². The van der Waals surface area contributed by atoms with Gasteiger partial charge in [0, 0.05) is 24.2 Å². The van der Waals surface area contributed by atoms with Crippen LogP contribution in [0.15, 0.2) is 54.9 Å². The van der Waals surface area contributed by atoms with Gasteiger partial charge in [-0.25, -0.2) is 4.98 Å². The molecular formula is C22H22N6O. The molecule has 5 rings (SSSR count). The molecule has 1 amide bonds. The van der Waals surface area contributed by atoms with Gasteiger partial charge in [0.2, 0.25) is 0 Å². The molecule has 0 fully saturated rings. The molecule has 0 bridgehead atoms. The highest BCUT2D eigenvalue weighted by Gasteiger charge is 2.15. The molecule has 0 atom stereocenters. The Balaban J connectivity index is 1.29. The van der Waals surface area contributed by atoms with Crippen molar-refractivity contribution in [2.45, 2.75) is 38.8 Å². The molecule has 29 heavy (non-hydrogen) atoms. The van der Waals surface area contributed by atoms with E-state index in [2.05, 4.69) is 25.1 Å². The second-order valence-corrected chi connectivity index (χ2v) is 7.33. The predicted octanol–water partition coefficient (Wildman–Crippen LogP) is 3.27. The Morgan fingerprint density at radius 3 is 2.76 bits per heavy atom. The average Bonchev–Trinajstić information content (AvgIpc) is 3.29. The molecular weight excluding hydrogens is 364 g/mol. The van der Waals surface area contributed by atoms with Gasteiger partial charge in [-0.2, -0.15) is 0 Å². The first-order chi connectivity index (χ1) is 14.3. The van der Waals surface area contributed by atoms with Gasteiger partial charge < -0.3 is 9.88 Å². The zero-order valence-corrected chi connectivity index (χ0v) is 16.1. The van der Waals surface area contributed by atoms with E-state index in [0.29, 0.717) is 12.1 Å². The number of nitrogens with zero attached hydrogens (tertiary/aromatic N) is 5. The Morgan fingerprint density at radius 1 is 1.00 bits per heavy atom. The fraction of sp³-hybridized carbons (Fsp3) is 0.273. The molecule has 0 saturated carbocycles. The van der Waals surface area contributed by atoms with E-state index in [-0.39, 0.29) is 5.91 Å². The number of fused-ring (bicyclic) bond motifs is 2. The number of aromatic nitrogens is 5. The molecule has 146 valence electrons. The predicted molar refractivity (Wildman–Crippen MR) is 110 cm³/mol. The van der Waals surface area contributed by atoms with Crippen molar-refractivity contribution in [3.8, 4) is 5.69 Å². The van der Waals surface area contributed by atoms with Gasteiger partial charge in [-0.1, -0.05) is 18.6 Å². The van der Waals surface area contributed by atoms with Crippen LogP contribution < -0.4 is 5.32 Å². The zero-order valence-electron chi connectivity index (χ0n) is 16.1. The highest BCUT2D eigenvalue weighted by atomic mass is 16.1. The number of aryl methyl sites for hydroxylation is 1. The summed E-state index contributed by atoms with van der Waals surface area (Å²) in [6.07, 6.45) is 6.27. The molecule has 0 radical (unpaired) electrons. The topological polar surface area (TPSA) is 77.6 Å².